The van der Waals surface area contributed by atoms with E-state index in [0.29, 0.717) is 17.8 Å². The van der Waals surface area contributed by atoms with Crippen molar-refractivity contribution in [3.8, 4) is 0 Å². The van der Waals surface area contributed by atoms with Gasteiger partial charge in [-0.1, -0.05) is 49.4 Å². The number of nitrogens with one attached hydrogen (secondary N) is 2. The van der Waals surface area contributed by atoms with E-state index in [1.54, 1.807) is 24.3 Å². The molecule has 0 bridgehead atoms. The fraction of sp³-hybridized carbons (Fsp3) is 0.182. The third-order valence-corrected chi connectivity index (χ3v) is 4.44. The van der Waals surface area contributed by atoms with Crippen molar-refractivity contribution in [1.29, 1.82) is 0 Å². The zero-order valence-corrected chi connectivity index (χ0v) is 15.4. The monoisotopic (exact) mass is 362 g/mol. The van der Waals surface area contributed by atoms with Crippen LogP contribution in [0.5, 0.6) is 0 Å². The van der Waals surface area contributed by atoms with Gasteiger partial charge in [0.05, 0.1) is 17.5 Å². The summed E-state index contributed by atoms with van der Waals surface area (Å²) in [6.45, 7) is 4.41. The van der Waals surface area contributed by atoms with Gasteiger partial charge in [0.25, 0.3) is 11.8 Å². The Morgan fingerprint density at radius 3 is 2.44 bits per heavy atom. The van der Waals surface area contributed by atoms with E-state index in [9.17, 15) is 9.59 Å². The van der Waals surface area contributed by atoms with E-state index in [2.05, 4.69) is 17.6 Å². The number of aryl methyl sites for hydroxylation is 1. The summed E-state index contributed by atoms with van der Waals surface area (Å²) in [6.07, 6.45) is 1.44. The van der Waals surface area contributed by atoms with Crippen molar-refractivity contribution in [2.24, 2.45) is 0 Å². The standard InChI is InChI=1S/C22H22N2O3/c1-15-8-6-11-18(20(15)24-22(26)19-12-7-13-27-19)21(25)23-14-16(2)17-9-4-3-5-10-17/h3-13,16H,14H2,1-2H3,(H,23,25)(H,24,26). The van der Waals surface area contributed by atoms with Crippen molar-refractivity contribution in [3.05, 3.63) is 89.4 Å². The molecule has 0 saturated heterocycles. The normalized spacial score (nSPS) is 11.6. The quantitative estimate of drug-likeness (QED) is 0.684. The summed E-state index contributed by atoms with van der Waals surface area (Å²) in [7, 11) is 0. The third kappa shape index (κ3) is 4.44. The van der Waals surface area contributed by atoms with Crippen molar-refractivity contribution in [3.63, 3.8) is 0 Å². The highest BCUT2D eigenvalue weighted by molar-refractivity contribution is 6.08. The first-order chi connectivity index (χ1) is 13.1. The van der Waals surface area contributed by atoms with Crippen molar-refractivity contribution in [2.45, 2.75) is 19.8 Å². The Kier molecular flexibility index (Phi) is 5.71. The number of carbonyl (C=O) groups excluding carboxylic acids is 2. The highest BCUT2D eigenvalue weighted by Crippen LogP contribution is 2.22. The van der Waals surface area contributed by atoms with Crippen molar-refractivity contribution in [1.82, 2.24) is 5.32 Å². The first kappa shape index (κ1) is 18.5. The first-order valence-corrected chi connectivity index (χ1v) is 8.84. The summed E-state index contributed by atoms with van der Waals surface area (Å²) in [5.41, 5.74) is 2.88. The van der Waals surface area contributed by atoms with Gasteiger partial charge >= 0.3 is 0 Å². The second-order valence-corrected chi connectivity index (χ2v) is 6.45. The minimum absolute atomic E-state index is 0.182. The minimum Gasteiger partial charge on any atom is -0.459 e. The molecule has 0 saturated carbocycles. The second kappa shape index (κ2) is 8.36. The number of rotatable bonds is 6. The van der Waals surface area contributed by atoms with Crippen LogP contribution in [-0.4, -0.2) is 18.4 Å². The van der Waals surface area contributed by atoms with Crippen LogP contribution >= 0.6 is 0 Å². The molecular weight excluding hydrogens is 340 g/mol. The van der Waals surface area contributed by atoms with Crippen molar-refractivity contribution < 1.29 is 14.0 Å². The predicted octanol–water partition coefficient (Wildman–Crippen LogP) is 4.37. The minimum atomic E-state index is -0.388. The Hall–Kier alpha value is -3.34. The zero-order valence-electron chi connectivity index (χ0n) is 15.4. The first-order valence-electron chi connectivity index (χ1n) is 8.84. The maximum atomic E-state index is 12.7. The van der Waals surface area contributed by atoms with Crippen LogP contribution in [0.15, 0.2) is 71.3 Å². The summed E-state index contributed by atoms with van der Waals surface area (Å²) >= 11 is 0. The van der Waals surface area contributed by atoms with Crippen LogP contribution in [0.2, 0.25) is 0 Å². The molecule has 2 aromatic carbocycles. The predicted molar refractivity (Wildman–Crippen MR) is 105 cm³/mol. The van der Waals surface area contributed by atoms with Crippen molar-refractivity contribution >= 4 is 17.5 Å². The van der Waals surface area contributed by atoms with E-state index in [-0.39, 0.29) is 23.5 Å². The van der Waals surface area contributed by atoms with Crippen LogP contribution in [0.3, 0.4) is 0 Å². The molecule has 1 heterocycles. The number of carbonyl (C=O) groups is 2. The van der Waals surface area contributed by atoms with Crippen LogP contribution < -0.4 is 10.6 Å². The molecule has 3 aromatic rings. The summed E-state index contributed by atoms with van der Waals surface area (Å²) in [4.78, 5) is 25.1. The lowest BCUT2D eigenvalue weighted by molar-refractivity contribution is 0.0952. The molecule has 5 heteroatoms. The number of benzene rings is 2. The molecule has 2 amide bonds. The maximum absolute atomic E-state index is 12.7. The SMILES string of the molecule is Cc1cccc(C(=O)NCC(C)c2ccccc2)c1NC(=O)c1ccco1. The Bertz CT molecular complexity index is 918. The zero-order chi connectivity index (χ0) is 19.2. The maximum Gasteiger partial charge on any atom is 0.291 e. The van der Waals surface area contributed by atoms with E-state index in [0.717, 1.165) is 11.1 Å². The number of para-hydroxylation sites is 1. The molecule has 0 radical (unpaired) electrons. The summed E-state index contributed by atoms with van der Waals surface area (Å²) in [5.74, 6) is -0.236. The van der Waals surface area contributed by atoms with Gasteiger partial charge in [-0.25, -0.2) is 0 Å². The van der Waals surface area contributed by atoms with Gasteiger partial charge in [-0.2, -0.15) is 0 Å². The fourth-order valence-corrected chi connectivity index (χ4v) is 2.85. The topological polar surface area (TPSA) is 71.3 Å². The number of hydrogen-bond acceptors (Lipinski definition) is 3. The lowest BCUT2D eigenvalue weighted by Crippen LogP contribution is -2.29. The third-order valence-electron chi connectivity index (χ3n) is 4.44. The van der Waals surface area contributed by atoms with Gasteiger partial charge in [0.2, 0.25) is 0 Å². The van der Waals surface area contributed by atoms with Gasteiger partial charge in [-0.15, -0.1) is 0 Å². The molecule has 1 atom stereocenters. The summed E-state index contributed by atoms with van der Waals surface area (Å²) in [6, 6.07) is 18.6. The molecule has 1 aromatic heterocycles. The largest absolute Gasteiger partial charge is 0.459 e. The lowest BCUT2D eigenvalue weighted by atomic mass is 10.0. The molecule has 27 heavy (non-hydrogen) atoms. The van der Waals surface area contributed by atoms with Gasteiger partial charge in [0.1, 0.15) is 0 Å². The van der Waals surface area contributed by atoms with Crippen LogP contribution in [0.1, 0.15) is 44.9 Å². The molecule has 0 spiro atoms. The Morgan fingerprint density at radius 2 is 1.74 bits per heavy atom. The molecule has 0 fully saturated rings. The van der Waals surface area contributed by atoms with Crippen LogP contribution in [-0.2, 0) is 0 Å². The highest BCUT2D eigenvalue weighted by atomic mass is 16.3. The molecule has 2 N–H and O–H groups in total. The average Bonchev–Trinajstić information content (AvgIpc) is 3.23. The molecule has 5 nitrogen and oxygen atoms in total. The van der Waals surface area contributed by atoms with E-state index < -0.39 is 0 Å². The van der Waals surface area contributed by atoms with Crippen molar-refractivity contribution in [2.75, 3.05) is 11.9 Å². The van der Waals surface area contributed by atoms with Crippen LogP contribution in [0.25, 0.3) is 0 Å². The van der Waals surface area contributed by atoms with E-state index >= 15 is 0 Å². The molecule has 3 rings (SSSR count). The van der Waals surface area contributed by atoms with Gasteiger partial charge in [-0.05, 0) is 42.2 Å². The Balaban J connectivity index is 1.73. The number of anilines is 1. The number of furan rings is 1. The molecular formula is C22H22N2O3. The molecule has 1 unspecified atom stereocenters. The molecule has 0 aliphatic rings. The van der Waals surface area contributed by atoms with Gasteiger partial charge in [0, 0.05) is 6.54 Å². The highest BCUT2D eigenvalue weighted by Gasteiger charge is 2.18. The molecule has 0 aliphatic heterocycles. The molecule has 0 aliphatic carbocycles. The second-order valence-electron chi connectivity index (χ2n) is 6.45. The van der Waals surface area contributed by atoms with Gasteiger partial charge in [0.15, 0.2) is 5.76 Å². The fourth-order valence-electron chi connectivity index (χ4n) is 2.85. The average molecular weight is 362 g/mol. The number of hydrogen-bond donors (Lipinski definition) is 2. The Labute approximate surface area is 158 Å². The molecule has 138 valence electrons. The van der Waals surface area contributed by atoms with Crippen LogP contribution in [0, 0.1) is 6.92 Å². The Morgan fingerprint density at radius 1 is 0.963 bits per heavy atom. The van der Waals surface area contributed by atoms with Crippen LogP contribution in [0.4, 0.5) is 5.69 Å². The van der Waals surface area contributed by atoms with Gasteiger partial charge in [-0.3, -0.25) is 9.59 Å². The smallest absolute Gasteiger partial charge is 0.291 e. The summed E-state index contributed by atoms with van der Waals surface area (Å²) < 4.78 is 5.12. The van der Waals surface area contributed by atoms with E-state index in [1.807, 2.05) is 43.3 Å². The number of amides is 2. The van der Waals surface area contributed by atoms with E-state index in [1.165, 1.54) is 6.26 Å². The summed E-state index contributed by atoms with van der Waals surface area (Å²) in [5, 5.41) is 5.75. The van der Waals surface area contributed by atoms with Gasteiger partial charge < -0.3 is 15.1 Å². The lowest BCUT2D eigenvalue weighted by Gasteiger charge is -2.16. The van der Waals surface area contributed by atoms with E-state index in [4.69, 9.17) is 4.42 Å².